The molecule has 10 nitrogen and oxygen atoms in total. The van der Waals surface area contributed by atoms with Gasteiger partial charge in [0.2, 0.25) is 23.6 Å². The molecule has 5 N–H and O–H groups in total. The zero-order chi connectivity index (χ0) is 28.7. The van der Waals surface area contributed by atoms with E-state index in [0.717, 1.165) is 19.3 Å². The lowest BCUT2D eigenvalue weighted by molar-refractivity contribution is -0.134. The number of carbonyl (C=O) groups excluding carboxylic acids is 4. The van der Waals surface area contributed by atoms with Crippen LogP contribution >= 0.6 is 0 Å². The minimum absolute atomic E-state index is 0.0333. The molecule has 0 unspecified atom stereocenters. The highest BCUT2D eigenvalue weighted by molar-refractivity contribution is 5.92. The number of aliphatic hydroxyl groups excluding tert-OH is 2. The zero-order valence-corrected chi connectivity index (χ0v) is 24.2. The molecule has 216 valence electrons. The van der Waals surface area contributed by atoms with E-state index in [0.29, 0.717) is 12.8 Å². The minimum Gasteiger partial charge on any atom is -0.396 e. The van der Waals surface area contributed by atoms with Gasteiger partial charge in [0.25, 0.3) is 0 Å². The van der Waals surface area contributed by atoms with Gasteiger partial charge in [0.05, 0.1) is 12.1 Å². The van der Waals surface area contributed by atoms with Crippen molar-refractivity contribution in [1.29, 1.82) is 0 Å². The number of carbonyl (C=O) groups is 4. The second kappa shape index (κ2) is 18.1. The van der Waals surface area contributed by atoms with Crippen molar-refractivity contribution in [3.05, 3.63) is 0 Å². The maximum atomic E-state index is 13.3. The first-order valence-electron chi connectivity index (χ1n) is 13.6. The average Bonchev–Trinajstić information content (AvgIpc) is 2.82. The molecule has 0 spiro atoms. The first-order chi connectivity index (χ1) is 17.2. The lowest BCUT2D eigenvalue weighted by Gasteiger charge is -2.31. The molecule has 10 heteroatoms. The van der Waals surface area contributed by atoms with Crippen molar-refractivity contribution in [2.24, 2.45) is 17.8 Å². The van der Waals surface area contributed by atoms with Gasteiger partial charge in [-0.3, -0.25) is 19.2 Å². The first kappa shape index (κ1) is 34.8. The zero-order valence-electron chi connectivity index (χ0n) is 24.2. The normalized spacial score (nSPS) is 15.5. The van der Waals surface area contributed by atoms with E-state index < -0.39 is 42.0 Å². The van der Waals surface area contributed by atoms with Crippen LogP contribution in [0.4, 0.5) is 0 Å². The third kappa shape index (κ3) is 13.8. The molecule has 0 aromatic carbocycles. The molecule has 37 heavy (non-hydrogen) atoms. The van der Waals surface area contributed by atoms with Crippen molar-refractivity contribution < 1.29 is 29.4 Å². The van der Waals surface area contributed by atoms with Crippen LogP contribution in [0.2, 0.25) is 0 Å². The highest BCUT2D eigenvalue weighted by Gasteiger charge is 2.32. The van der Waals surface area contributed by atoms with E-state index in [1.807, 2.05) is 34.6 Å². The third-order valence-electron chi connectivity index (χ3n) is 6.39. The van der Waals surface area contributed by atoms with Crippen molar-refractivity contribution in [3.8, 4) is 0 Å². The summed E-state index contributed by atoms with van der Waals surface area (Å²) in [5.74, 6) is -1.95. The van der Waals surface area contributed by atoms with Gasteiger partial charge >= 0.3 is 0 Å². The fraction of sp³-hybridized carbons (Fsp3) is 0.852. The van der Waals surface area contributed by atoms with Gasteiger partial charge in [-0.2, -0.15) is 0 Å². The van der Waals surface area contributed by atoms with Crippen LogP contribution in [-0.2, 0) is 19.2 Å². The number of hydrogen-bond acceptors (Lipinski definition) is 6. The Bertz CT molecular complexity index is 713. The van der Waals surface area contributed by atoms with E-state index in [2.05, 4.69) is 16.0 Å². The molecule has 0 aliphatic rings. The molecule has 0 radical (unpaired) electrons. The van der Waals surface area contributed by atoms with Gasteiger partial charge in [-0.15, -0.1) is 0 Å². The Balaban J connectivity index is 5.71. The topological polar surface area (TPSA) is 148 Å². The summed E-state index contributed by atoms with van der Waals surface area (Å²) in [4.78, 5) is 52.6. The van der Waals surface area contributed by atoms with Crippen LogP contribution in [0.15, 0.2) is 0 Å². The van der Waals surface area contributed by atoms with E-state index in [1.54, 1.807) is 21.0 Å². The summed E-state index contributed by atoms with van der Waals surface area (Å²) in [6, 6.07) is -2.51. The van der Waals surface area contributed by atoms with E-state index in [1.165, 1.54) is 4.90 Å². The Hall–Kier alpha value is -2.20. The van der Waals surface area contributed by atoms with Crippen molar-refractivity contribution >= 4 is 23.6 Å². The smallest absolute Gasteiger partial charge is 0.243 e. The van der Waals surface area contributed by atoms with Gasteiger partial charge in [0.15, 0.2) is 0 Å². The highest BCUT2D eigenvalue weighted by atomic mass is 16.3. The number of hydrogen-bond donors (Lipinski definition) is 5. The van der Waals surface area contributed by atoms with Crippen molar-refractivity contribution in [1.82, 2.24) is 20.9 Å². The summed E-state index contributed by atoms with van der Waals surface area (Å²) in [5, 5.41) is 28.6. The molecule has 0 aliphatic heterocycles. The van der Waals surface area contributed by atoms with Gasteiger partial charge in [0.1, 0.15) is 12.1 Å². The molecule has 0 aromatic rings. The van der Waals surface area contributed by atoms with E-state index in [9.17, 15) is 29.4 Å². The molecule has 0 saturated carbocycles. The van der Waals surface area contributed by atoms with E-state index in [-0.39, 0.29) is 43.1 Å². The van der Waals surface area contributed by atoms with Gasteiger partial charge in [-0.05, 0) is 31.1 Å². The summed E-state index contributed by atoms with van der Waals surface area (Å²) in [6.07, 6.45) is 2.54. The predicted octanol–water partition coefficient (Wildman–Crippen LogP) is 1.58. The molecule has 4 amide bonds. The van der Waals surface area contributed by atoms with Crippen LogP contribution < -0.4 is 16.0 Å². The molecule has 0 aromatic heterocycles. The molecule has 0 aliphatic carbocycles. The Morgan fingerprint density at radius 3 is 1.97 bits per heavy atom. The molecule has 0 fully saturated rings. The van der Waals surface area contributed by atoms with Gasteiger partial charge < -0.3 is 31.1 Å². The first-order valence-corrected chi connectivity index (χ1v) is 13.6. The molecule has 0 heterocycles. The summed E-state index contributed by atoms with van der Waals surface area (Å²) in [6.45, 7) is 11.0. The van der Waals surface area contributed by atoms with Crippen LogP contribution in [0, 0.1) is 17.8 Å². The van der Waals surface area contributed by atoms with Gasteiger partial charge in [-0.1, -0.05) is 54.4 Å². The third-order valence-corrected chi connectivity index (χ3v) is 6.39. The second-order valence-corrected chi connectivity index (χ2v) is 11.0. The Kier molecular flexibility index (Phi) is 17.0. The van der Waals surface area contributed by atoms with E-state index >= 15 is 0 Å². The number of aliphatic hydroxyl groups is 2. The standard InChI is InChI=1S/C27H52N4O6/c1-9-10-11-12-22(33)30-24(18(4)5)27(37)28-20(13-14-23(34)31(7)8)26(36)29-21(15-17(2)3)25(35)19(6)16-32/h17-21,24-25,32,35H,9-16H2,1-8H3,(H,28,37)(H,29,36)(H,30,33)/t19-,20+,21+,24+,25+/m1/s1. The molecule has 0 saturated heterocycles. The summed E-state index contributed by atoms with van der Waals surface area (Å²) in [7, 11) is 3.23. The minimum atomic E-state index is -1.04. The molecule has 0 rings (SSSR count). The SMILES string of the molecule is CCCCCC(=O)N[C@H](C(=O)N[C@@H](CCC(=O)N(C)C)C(=O)N[C@@H](CC(C)C)[C@@H](O)[C@H](C)CO)C(C)C. The number of unbranched alkanes of at least 4 members (excludes halogenated alkanes) is 2. The molecule has 0 bridgehead atoms. The summed E-state index contributed by atoms with van der Waals surface area (Å²) in [5.41, 5.74) is 0. The fourth-order valence-corrected chi connectivity index (χ4v) is 3.92. The van der Waals surface area contributed by atoms with Crippen molar-refractivity contribution in [3.63, 3.8) is 0 Å². The van der Waals surface area contributed by atoms with E-state index in [4.69, 9.17) is 0 Å². The Morgan fingerprint density at radius 2 is 1.49 bits per heavy atom. The second-order valence-electron chi connectivity index (χ2n) is 11.0. The number of nitrogens with one attached hydrogen (secondary N) is 3. The molecular formula is C27H52N4O6. The highest BCUT2D eigenvalue weighted by Crippen LogP contribution is 2.16. The predicted molar refractivity (Wildman–Crippen MR) is 144 cm³/mol. The van der Waals surface area contributed by atoms with Crippen molar-refractivity contribution in [2.75, 3.05) is 20.7 Å². The molecule has 5 atom stereocenters. The molecular weight excluding hydrogens is 476 g/mol. The maximum absolute atomic E-state index is 13.3. The summed E-state index contributed by atoms with van der Waals surface area (Å²) >= 11 is 0. The number of amides is 4. The van der Waals surface area contributed by atoms with Crippen LogP contribution in [0.5, 0.6) is 0 Å². The quantitative estimate of drug-likeness (QED) is 0.171. The Labute approximate surface area is 223 Å². The average molecular weight is 529 g/mol. The lowest BCUT2D eigenvalue weighted by Crippen LogP contribution is -2.58. The van der Waals surface area contributed by atoms with Gasteiger partial charge in [-0.25, -0.2) is 0 Å². The lowest BCUT2D eigenvalue weighted by atomic mass is 9.91. The largest absolute Gasteiger partial charge is 0.396 e. The van der Waals surface area contributed by atoms with Crippen LogP contribution in [0.3, 0.4) is 0 Å². The monoisotopic (exact) mass is 528 g/mol. The fourth-order valence-electron chi connectivity index (χ4n) is 3.92. The van der Waals surface area contributed by atoms with Crippen LogP contribution in [-0.4, -0.2) is 83.7 Å². The van der Waals surface area contributed by atoms with Crippen LogP contribution in [0.25, 0.3) is 0 Å². The number of rotatable bonds is 18. The number of nitrogens with zero attached hydrogens (tertiary/aromatic N) is 1. The maximum Gasteiger partial charge on any atom is 0.243 e. The van der Waals surface area contributed by atoms with Crippen molar-refractivity contribution in [2.45, 2.75) is 111 Å². The van der Waals surface area contributed by atoms with Crippen LogP contribution in [0.1, 0.15) is 86.5 Å². The van der Waals surface area contributed by atoms with Gasteiger partial charge in [0, 0.05) is 39.5 Å². The Morgan fingerprint density at radius 1 is 0.865 bits per heavy atom. The summed E-state index contributed by atoms with van der Waals surface area (Å²) < 4.78 is 0.